The zero-order valence-corrected chi connectivity index (χ0v) is 25.6. The maximum atomic E-state index is 14.2. The third kappa shape index (κ3) is 5.12. The van der Waals surface area contributed by atoms with Crippen LogP contribution in [0.5, 0.6) is 11.5 Å². The predicted molar refractivity (Wildman–Crippen MR) is 172 cm³/mol. The van der Waals surface area contributed by atoms with E-state index in [4.69, 9.17) is 10.5 Å². The molecule has 224 valence electrons. The maximum absolute atomic E-state index is 14.2. The molecule has 2 heterocycles. The number of fused-ring (bicyclic) bond motifs is 6. The van der Waals surface area contributed by atoms with Crippen LogP contribution in [0.15, 0.2) is 60.7 Å². The number of hydrogen-bond donors (Lipinski definition) is 3. The molecule has 2 aliphatic rings. The average molecular weight is 571 g/mol. The molecule has 8 nitrogen and oxygen atoms in total. The summed E-state index contributed by atoms with van der Waals surface area (Å²) in [4.78, 5) is 21.0. The van der Waals surface area contributed by atoms with Crippen LogP contribution < -0.4 is 30.9 Å². The van der Waals surface area contributed by atoms with Crippen LogP contribution in [0.25, 0.3) is 0 Å². The van der Waals surface area contributed by atoms with E-state index >= 15 is 0 Å². The molecule has 2 aliphatic heterocycles. The molecule has 42 heavy (non-hydrogen) atoms. The monoisotopic (exact) mass is 570 g/mol. The summed E-state index contributed by atoms with van der Waals surface area (Å²) in [6.07, 6.45) is 0. The molecular formula is C34H46N6O2. The Morgan fingerprint density at radius 2 is 1.29 bits per heavy atom. The van der Waals surface area contributed by atoms with Crippen LogP contribution in [0.2, 0.25) is 0 Å². The van der Waals surface area contributed by atoms with Crippen molar-refractivity contribution >= 4 is 17.3 Å². The minimum Gasteiger partial charge on any atom is -0.456 e. The lowest BCUT2D eigenvalue weighted by molar-refractivity contribution is 0.0668. The quantitative estimate of drug-likeness (QED) is 0.248. The van der Waals surface area contributed by atoms with Gasteiger partial charge in [0.2, 0.25) is 0 Å². The Kier molecular flexibility index (Phi) is 9.36. The molecule has 0 fully saturated rings. The lowest BCUT2D eigenvalue weighted by Gasteiger charge is -2.45. The number of carbonyl (C=O) groups excluding carboxylic acids is 1. The summed E-state index contributed by atoms with van der Waals surface area (Å²) in [6, 6.07) is 21.1. The van der Waals surface area contributed by atoms with Crippen LogP contribution in [-0.4, -0.2) is 76.3 Å². The van der Waals surface area contributed by atoms with E-state index < -0.39 is 5.54 Å². The molecule has 4 N–H and O–H groups in total. The Morgan fingerprint density at radius 1 is 0.738 bits per heavy atom. The number of benzene rings is 3. The molecule has 1 spiro atoms. The molecule has 0 unspecified atom stereocenters. The number of ether oxygens (including phenoxy) is 1. The number of hydrogen-bond acceptors (Lipinski definition) is 7. The molecule has 0 saturated heterocycles. The van der Waals surface area contributed by atoms with Gasteiger partial charge in [0, 0.05) is 106 Å². The second-order valence-corrected chi connectivity index (χ2v) is 10.8. The van der Waals surface area contributed by atoms with Gasteiger partial charge in [-0.25, -0.2) is 0 Å². The fourth-order valence-corrected chi connectivity index (χ4v) is 6.62. The summed E-state index contributed by atoms with van der Waals surface area (Å²) in [6.45, 7) is 16.6. The van der Waals surface area contributed by atoms with E-state index in [2.05, 4.69) is 95.5 Å². The first-order valence-corrected chi connectivity index (χ1v) is 15.5. The topological polar surface area (TPSA) is 86.1 Å². The summed E-state index contributed by atoms with van der Waals surface area (Å²) in [7, 11) is 0. The minimum absolute atomic E-state index is 0.0492. The van der Waals surface area contributed by atoms with Crippen LogP contribution in [0.4, 0.5) is 11.4 Å². The highest BCUT2D eigenvalue weighted by Gasteiger charge is 2.56. The van der Waals surface area contributed by atoms with Gasteiger partial charge in [-0.1, -0.05) is 30.3 Å². The highest BCUT2D eigenvalue weighted by Crippen LogP contribution is 2.58. The summed E-state index contributed by atoms with van der Waals surface area (Å²) in [5, 5.41) is 6.85. The summed E-state index contributed by atoms with van der Waals surface area (Å²) >= 11 is 0. The average Bonchev–Trinajstić information content (AvgIpc) is 3.26. The Bertz CT molecular complexity index is 1320. The fraction of sp³-hybridized carbons (Fsp3) is 0.441. The number of rotatable bonds is 14. The lowest BCUT2D eigenvalue weighted by atomic mass is 9.74. The largest absolute Gasteiger partial charge is 0.456 e. The SMILES string of the molecule is CCN(CC)c1ccc2c(c1)Oc1cc(N(CC)CC)ccc1C21c2ccccc2C(=O)N1CCNCCNCCN. The van der Waals surface area contributed by atoms with Gasteiger partial charge in [-0.05, 0) is 51.5 Å². The number of nitrogens with two attached hydrogens (primary N) is 1. The van der Waals surface area contributed by atoms with Gasteiger partial charge in [-0.3, -0.25) is 4.79 Å². The Morgan fingerprint density at radius 3 is 1.83 bits per heavy atom. The van der Waals surface area contributed by atoms with Gasteiger partial charge in [-0.2, -0.15) is 0 Å². The first-order chi connectivity index (χ1) is 20.5. The highest BCUT2D eigenvalue weighted by atomic mass is 16.5. The van der Waals surface area contributed by atoms with Crippen molar-refractivity contribution in [3.8, 4) is 11.5 Å². The van der Waals surface area contributed by atoms with E-state index in [9.17, 15) is 4.79 Å². The smallest absolute Gasteiger partial charge is 0.255 e. The van der Waals surface area contributed by atoms with Crippen LogP contribution in [0.1, 0.15) is 54.7 Å². The molecule has 0 atom stereocenters. The third-order valence-corrected chi connectivity index (χ3v) is 8.70. The van der Waals surface area contributed by atoms with Crippen molar-refractivity contribution in [2.45, 2.75) is 33.2 Å². The molecule has 0 radical (unpaired) electrons. The van der Waals surface area contributed by atoms with Gasteiger partial charge in [0.05, 0.1) is 0 Å². The van der Waals surface area contributed by atoms with E-state index in [1.54, 1.807) is 0 Å². The van der Waals surface area contributed by atoms with E-state index in [0.29, 0.717) is 19.6 Å². The first kappa shape index (κ1) is 29.9. The van der Waals surface area contributed by atoms with Crippen molar-refractivity contribution in [3.63, 3.8) is 0 Å². The summed E-state index contributed by atoms with van der Waals surface area (Å²) in [5.41, 5.74) is 10.8. The number of amides is 1. The highest BCUT2D eigenvalue weighted by molar-refractivity contribution is 6.02. The fourth-order valence-electron chi connectivity index (χ4n) is 6.62. The molecule has 5 rings (SSSR count). The Labute approximate surface area is 250 Å². The normalized spacial score (nSPS) is 14.4. The van der Waals surface area contributed by atoms with Crippen molar-refractivity contribution in [1.82, 2.24) is 15.5 Å². The van der Waals surface area contributed by atoms with Gasteiger partial charge in [-0.15, -0.1) is 0 Å². The lowest BCUT2D eigenvalue weighted by Crippen LogP contribution is -2.50. The predicted octanol–water partition coefficient (Wildman–Crippen LogP) is 4.37. The van der Waals surface area contributed by atoms with Crippen molar-refractivity contribution in [2.75, 3.05) is 75.2 Å². The van der Waals surface area contributed by atoms with Gasteiger partial charge in [0.25, 0.3) is 5.91 Å². The number of nitrogens with one attached hydrogen (secondary N) is 2. The molecule has 0 bridgehead atoms. The molecule has 3 aromatic rings. The Balaban J connectivity index is 1.65. The first-order valence-electron chi connectivity index (χ1n) is 15.5. The standard InChI is InChI=1S/C34H46N6O2/c1-5-38(6-2)25-13-15-29-31(23-25)42-32-24-26(39(7-3)8-4)14-16-30(32)34(29)28-12-10-9-11-27(28)33(41)40(34)22-21-37-20-19-36-18-17-35/h9-16,23-24,36-37H,5-8,17-22,35H2,1-4H3. The molecule has 3 aromatic carbocycles. The van der Waals surface area contributed by atoms with Crippen molar-refractivity contribution in [2.24, 2.45) is 5.73 Å². The molecule has 0 aromatic heterocycles. The van der Waals surface area contributed by atoms with Crippen LogP contribution in [0.3, 0.4) is 0 Å². The zero-order valence-electron chi connectivity index (χ0n) is 25.6. The van der Waals surface area contributed by atoms with Gasteiger partial charge in [0.1, 0.15) is 17.0 Å². The second kappa shape index (κ2) is 13.2. The van der Waals surface area contributed by atoms with Crippen LogP contribution >= 0.6 is 0 Å². The van der Waals surface area contributed by atoms with Crippen molar-refractivity contribution in [1.29, 1.82) is 0 Å². The molecule has 0 saturated carbocycles. The number of anilines is 2. The minimum atomic E-state index is -0.792. The van der Waals surface area contributed by atoms with Crippen molar-refractivity contribution < 1.29 is 9.53 Å². The number of nitrogens with zero attached hydrogens (tertiary/aromatic N) is 3. The summed E-state index contributed by atoms with van der Waals surface area (Å²) < 4.78 is 6.78. The number of carbonyl (C=O) groups is 1. The van der Waals surface area contributed by atoms with Gasteiger partial charge >= 0.3 is 0 Å². The van der Waals surface area contributed by atoms with E-state index in [1.165, 1.54) is 0 Å². The van der Waals surface area contributed by atoms with Crippen molar-refractivity contribution in [3.05, 3.63) is 82.9 Å². The maximum Gasteiger partial charge on any atom is 0.255 e. The van der Waals surface area contributed by atoms with E-state index in [-0.39, 0.29) is 5.91 Å². The molecule has 0 aliphatic carbocycles. The molecule has 8 heteroatoms. The van der Waals surface area contributed by atoms with Crippen LogP contribution in [-0.2, 0) is 5.54 Å². The van der Waals surface area contributed by atoms with E-state index in [1.807, 2.05) is 18.2 Å². The van der Waals surface area contributed by atoms with Gasteiger partial charge < -0.3 is 35.8 Å². The third-order valence-electron chi connectivity index (χ3n) is 8.70. The van der Waals surface area contributed by atoms with E-state index in [0.717, 1.165) is 90.9 Å². The molecule has 1 amide bonds. The van der Waals surface area contributed by atoms with Gasteiger partial charge in [0.15, 0.2) is 0 Å². The molecular weight excluding hydrogens is 524 g/mol. The summed E-state index contributed by atoms with van der Waals surface area (Å²) in [5.74, 6) is 1.65. The second-order valence-electron chi connectivity index (χ2n) is 10.8. The van der Waals surface area contributed by atoms with Crippen LogP contribution in [0, 0.1) is 0 Å². The zero-order chi connectivity index (χ0) is 29.7. The Hall–Kier alpha value is -3.59.